The van der Waals surface area contributed by atoms with Crippen molar-refractivity contribution in [3.63, 3.8) is 0 Å². The van der Waals surface area contributed by atoms with Crippen molar-refractivity contribution in [3.05, 3.63) is 0 Å². The van der Waals surface area contributed by atoms with Crippen LogP contribution in [0.2, 0.25) is 0 Å². The van der Waals surface area contributed by atoms with Gasteiger partial charge in [0.25, 0.3) is 0 Å². The molecular weight excluding hydrogens is 278 g/mol. The predicted molar refractivity (Wildman–Crippen MR) is 38.1 cm³/mol. The topological polar surface area (TPSA) is 134 Å². The molecule has 0 heterocycles. The summed E-state index contributed by atoms with van der Waals surface area (Å²) in [4.78, 5) is 30.9. The quantitative estimate of drug-likeness (QED) is 0.392. The minimum atomic E-state index is -4.15. The zero-order valence-electron chi connectivity index (χ0n) is 6.62. The Balaban J connectivity index is -0.000000143. The second-order valence-corrected chi connectivity index (χ2v) is 4.04. The van der Waals surface area contributed by atoms with Gasteiger partial charge in [0, 0.05) is 31.3 Å². The molecule has 0 unspecified atom stereocenters. The number of phosphoric acid groups is 2. The molecule has 11 heteroatoms. The van der Waals surface area contributed by atoms with E-state index in [2.05, 4.69) is 9.05 Å². The van der Waals surface area contributed by atoms with Crippen LogP contribution in [0.3, 0.4) is 0 Å². The first-order valence-electron chi connectivity index (χ1n) is 2.35. The van der Waals surface area contributed by atoms with E-state index in [4.69, 9.17) is 19.6 Å². The first kappa shape index (κ1) is 19.3. The molecule has 0 aliphatic carbocycles. The molecule has 0 aliphatic heterocycles. The summed E-state index contributed by atoms with van der Waals surface area (Å²) in [6, 6.07) is 0. The first-order valence-corrected chi connectivity index (χ1v) is 5.41. The third-order valence-electron chi connectivity index (χ3n) is 0.476. The molecule has 0 amide bonds. The zero-order chi connectivity index (χ0) is 10.4. The summed E-state index contributed by atoms with van der Waals surface area (Å²) >= 11 is 0. The third-order valence-corrected chi connectivity index (χ3v) is 1.43. The number of phosphoric ester groups is 2. The zero-order valence-corrected chi connectivity index (χ0v) is 9.35. The van der Waals surface area contributed by atoms with Gasteiger partial charge in [-0.1, -0.05) is 0 Å². The van der Waals surface area contributed by atoms with Crippen molar-refractivity contribution in [1.29, 1.82) is 0 Å². The van der Waals surface area contributed by atoms with Crippen molar-refractivity contribution in [1.82, 2.24) is 0 Å². The second-order valence-electron chi connectivity index (χ2n) is 1.35. The standard InChI is InChI=1S/2CH5O4P.Cu/c2*1-5-6(2,3)4;/h2*1H3,(H2,2,3,4);. The molecule has 0 atom stereocenters. The Morgan fingerprint density at radius 3 is 0.923 bits per heavy atom. The largest absolute Gasteiger partial charge is 0.469 e. The van der Waals surface area contributed by atoms with Gasteiger partial charge in [-0.3, -0.25) is 9.05 Å². The minimum absolute atomic E-state index is 0. The molecule has 87 valence electrons. The van der Waals surface area contributed by atoms with Crippen LogP contribution in [-0.4, -0.2) is 33.8 Å². The molecule has 1 radical (unpaired) electrons. The molecule has 0 saturated carbocycles. The molecule has 0 aliphatic rings. The van der Waals surface area contributed by atoms with Gasteiger partial charge in [-0.05, 0) is 0 Å². The summed E-state index contributed by atoms with van der Waals surface area (Å²) in [7, 11) is -6.40. The van der Waals surface area contributed by atoms with Crippen molar-refractivity contribution in [2.75, 3.05) is 14.2 Å². The van der Waals surface area contributed by atoms with Crippen molar-refractivity contribution < 1.29 is 54.8 Å². The van der Waals surface area contributed by atoms with Crippen molar-refractivity contribution >= 4 is 15.6 Å². The molecular formula is C2H10CuO8P2. The van der Waals surface area contributed by atoms with Crippen LogP contribution in [-0.2, 0) is 35.2 Å². The van der Waals surface area contributed by atoms with Crippen LogP contribution >= 0.6 is 15.6 Å². The summed E-state index contributed by atoms with van der Waals surface area (Å²) in [5.74, 6) is 0. The average Bonchev–Trinajstić information content (AvgIpc) is 1.86. The smallest absolute Gasteiger partial charge is 0.303 e. The normalized spacial score (nSPS) is 10.9. The molecule has 0 fully saturated rings. The fourth-order valence-corrected chi connectivity index (χ4v) is 0. The molecule has 0 spiro atoms. The summed E-state index contributed by atoms with van der Waals surface area (Å²) < 4.78 is 26.2. The summed E-state index contributed by atoms with van der Waals surface area (Å²) in [6.45, 7) is 0. The molecule has 0 rings (SSSR count). The van der Waals surface area contributed by atoms with E-state index in [0.717, 1.165) is 14.2 Å². The van der Waals surface area contributed by atoms with E-state index in [1.807, 2.05) is 0 Å². The van der Waals surface area contributed by atoms with E-state index < -0.39 is 15.6 Å². The van der Waals surface area contributed by atoms with Gasteiger partial charge >= 0.3 is 15.6 Å². The molecule has 8 nitrogen and oxygen atoms in total. The summed E-state index contributed by atoms with van der Waals surface area (Å²) in [6.07, 6.45) is 0. The molecule has 4 N–H and O–H groups in total. The maximum atomic E-state index is 9.47. The molecule has 0 bridgehead atoms. The predicted octanol–water partition coefficient (Wildman–Crippen LogP) is -0.552. The number of hydrogen-bond acceptors (Lipinski definition) is 4. The van der Waals surface area contributed by atoms with E-state index in [9.17, 15) is 9.13 Å². The maximum Gasteiger partial charge on any atom is 0.469 e. The van der Waals surface area contributed by atoms with Gasteiger partial charge in [0.2, 0.25) is 0 Å². The SMILES string of the molecule is COP(=O)(O)O.COP(=O)(O)O.[Cu]. The Kier molecular flexibility index (Phi) is 12.0. The van der Waals surface area contributed by atoms with E-state index in [1.54, 1.807) is 0 Å². The van der Waals surface area contributed by atoms with E-state index in [1.165, 1.54) is 0 Å². The van der Waals surface area contributed by atoms with Crippen LogP contribution in [0.15, 0.2) is 0 Å². The minimum Gasteiger partial charge on any atom is -0.303 e. The third kappa shape index (κ3) is 32.3. The van der Waals surface area contributed by atoms with Crippen molar-refractivity contribution in [3.8, 4) is 0 Å². The molecule has 13 heavy (non-hydrogen) atoms. The first-order chi connectivity index (χ1) is 5.12. The molecule has 0 saturated heterocycles. The van der Waals surface area contributed by atoms with Crippen LogP contribution in [0.4, 0.5) is 0 Å². The number of rotatable bonds is 2. The molecule has 0 aromatic carbocycles. The van der Waals surface area contributed by atoms with Gasteiger partial charge in [-0.2, -0.15) is 0 Å². The van der Waals surface area contributed by atoms with Crippen LogP contribution < -0.4 is 0 Å². The second kappa shape index (κ2) is 8.08. The fourth-order valence-electron chi connectivity index (χ4n) is 0. The van der Waals surface area contributed by atoms with Gasteiger partial charge in [-0.25, -0.2) is 9.13 Å². The Labute approximate surface area is 85.2 Å². The van der Waals surface area contributed by atoms with E-state index in [-0.39, 0.29) is 17.1 Å². The average molecular weight is 288 g/mol. The van der Waals surface area contributed by atoms with E-state index >= 15 is 0 Å². The van der Waals surface area contributed by atoms with Gasteiger partial charge in [0.15, 0.2) is 0 Å². The Bertz CT molecular complexity index is 170. The number of hydrogen-bond donors (Lipinski definition) is 4. The van der Waals surface area contributed by atoms with Gasteiger partial charge in [0.05, 0.1) is 0 Å². The Morgan fingerprint density at radius 2 is 0.923 bits per heavy atom. The van der Waals surface area contributed by atoms with Crippen LogP contribution in [0.1, 0.15) is 0 Å². The Hall–Kier alpha value is 0.739. The molecule has 0 aromatic heterocycles. The fraction of sp³-hybridized carbons (Fsp3) is 1.00. The van der Waals surface area contributed by atoms with Gasteiger partial charge < -0.3 is 19.6 Å². The summed E-state index contributed by atoms with van der Waals surface area (Å²) in [5.41, 5.74) is 0. The maximum absolute atomic E-state index is 9.47. The van der Waals surface area contributed by atoms with Gasteiger partial charge in [0.1, 0.15) is 0 Å². The van der Waals surface area contributed by atoms with Gasteiger partial charge in [-0.15, -0.1) is 0 Å². The summed E-state index contributed by atoms with van der Waals surface area (Å²) in [5, 5.41) is 0. The van der Waals surface area contributed by atoms with Crippen LogP contribution in [0.5, 0.6) is 0 Å². The van der Waals surface area contributed by atoms with Crippen molar-refractivity contribution in [2.24, 2.45) is 0 Å². The van der Waals surface area contributed by atoms with Crippen LogP contribution in [0.25, 0.3) is 0 Å². The monoisotopic (exact) mass is 287 g/mol. The Morgan fingerprint density at radius 1 is 0.846 bits per heavy atom. The van der Waals surface area contributed by atoms with Crippen LogP contribution in [0, 0.1) is 0 Å². The molecule has 0 aromatic rings. The van der Waals surface area contributed by atoms with E-state index in [0.29, 0.717) is 0 Å². The van der Waals surface area contributed by atoms with Crippen molar-refractivity contribution in [2.45, 2.75) is 0 Å².